The van der Waals surface area contributed by atoms with Crippen LogP contribution < -0.4 is 11.1 Å². The minimum atomic E-state index is -0.776. The summed E-state index contributed by atoms with van der Waals surface area (Å²) in [5, 5.41) is 2.69. The van der Waals surface area contributed by atoms with Gasteiger partial charge in [-0.15, -0.1) is 12.4 Å². The van der Waals surface area contributed by atoms with Crippen molar-refractivity contribution in [1.29, 1.82) is 0 Å². The van der Waals surface area contributed by atoms with Crippen LogP contribution in [0.2, 0.25) is 0 Å². The Labute approximate surface area is 112 Å². The Bertz CT molecular complexity index is 445. The van der Waals surface area contributed by atoms with E-state index in [9.17, 15) is 9.18 Å². The van der Waals surface area contributed by atoms with Gasteiger partial charge in [-0.3, -0.25) is 4.79 Å². The molecule has 1 aliphatic carbocycles. The fourth-order valence-corrected chi connectivity index (χ4v) is 2.16. The van der Waals surface area contributed by atoms with Gasteiger partial charge in [0.2, 0.25) is 5.91 Å². The van der Waals surface area contributed by atoms with Crippen LogP contribution in [0.15, 0.2) is 18.2 Å². The second-order valence-electron chi connectivity index (χ2n) is 4.78. The van der Waals surface area contributed by atoms with E-state index in [1.165, 1.54) is 6.07 Å². The van der Waals surface area contributed by atoms with Crippen LogP contribution in [-0.4, -0.2) is 11.4 Å². The van der Waals surface area contributed by atoms with Crippen molar-refractivity contribution in [3.63, 3.8) is 0 Å². The average Bonchev–Trinajstić information content (AvgIpc) is 2.72. The van der Waals surface area contributed by atoms with E-state index in [1.54, 1.807) is 19.1 Å². The molecule has 1 aliphatic rings. The third-order valence-electron chi connectivity index (χ3n) is 3.38. The van der Waals surface area contributed by atoms with Crippen LogP contribution in [0, 0.1) is 12.7 Å². The van der Waals surface area contributed by atoms with Crippen molar-refractivity contribution in [1.82, 2.24) is 0 Å². The highest BCUT2D eigenvalue weighted by atomic mass is 35.5. The Morgan fingerprint density at radius 2 is 2.00 bits per heavy atom. The number of carbonyl (C=O) groups excluding carboxylic acids is 1. The molecule has 0 bridgehead atoms. The minimum absolute atomic E-state index is 0. The van der Waals surface area contributed by atoms with E-state index in [0.717, 1.165) is 12.8 Å². The van der Waals surface area contributed by atoms with Crippen molar-refractivity contribution in [3.05, 3.63) is 29.6 Å². The standard InChI is InChI=1S/C13H17FN2O.ClH/c1-9-4-5-10(8-11(9)14)16-12(17)13(15)6-2-3-7-13;/h4-5,8H,2-3,6-7,15H2,1H3,(H,16,17);1H. The van der Waals surface area contributed by atoms with E-state index in [0.29, 0.717) is 24.1 Å². The number of amides is 1. The number of hydrogen-bond donors (Lipinski definition) is 2. The minimum Gasteiger partial charge on any atom is -0.324 e. The molecule has 0 saturated heterocycles. The number of rotatable bonds is 2. The predicted octanol–water partition coefficient (Wildman–Crippen LogP) is 2.77. The first-order valence-corrected chi connectivity index (χ1v) is 5.88. The van der Waals surface area contributed by atoms with Crippen molar-refractivity contribution in [2.24, 2.45) is 5.73 Å². The number of benzene rings is 1. The van der Waals surface area contributed by atoms with E-state index in [2.05, 4.69) is 5.32 Å². The van der Waals surface area contributed by atoms with E-state index in [-0.39, 0.29) is 24.1 Å². The van der Waals surface area contributed by atoms with Crippen molar-refractivity contribution in [3.8, 4) is 0 Å². The molecule has 1 fully saturated rings. The molecule has 100 valence electrons. The molecule has 5 heteroatoms. The topological polar surface area (TPSA) is 55.1 Å². The lowest BCUT2D eigenvalue weighted by atomic mass is 9.98. The first-order chi connectivity index (χ1) is 8.01. The second-order valence-corrected chi connectivity index (χ2v) is 4.78. The van der Waals surface area contributed by atoms with Crippen LogP contribution in [0.3, 0.4) is 0 Å². The molecule has 0 radical (unpaired) electrons. The van der Waals surface area contributed by atoms with E-state index < -0.39 is 5.54 Å². The fraction of sp³-hybridized carbons (Fsp3) is 0.462. The van der Waals surface area contributed by atoms with Gasteiger partial charge in [-0.2, -0.15) is 0 Å². The summed E-state index contributed by atoms with van der Waals surface area (Å²) >= 11 is 0. The van der Waals surface area contributed by atoms with E-state index in [4.69, 9.17) is 5.73 Å². The molecule has 1 aromatic carbocycles. The molecular formula is C13H18ClFN2O. The van der Waals surface area contributed by atoms with Gasteiger partial charge in [-0.1, -0.05) is 18.9 Å². The van der Waals surface area contributed by atoms with Crippen LogP contribution >= 0.6 is 12.4 Å². The quantitative estimate of drug-likeness (QED) is 0.870. The summed E-state index contributed by atoms with van der Waals surface area (Å²) in [6, 6.07) is 4.66. The predicted molar refractivity (Wildman–Crippen MR) is 72.4 cm³/mol. The summed E-state index contributed by atoms with van der Waals surface area (Å²) in [6.07, 6.45) is 3.36. The van der Waals surface area contributed by atoms with Crippen molar-refractivity contribution >= 4 is 24.0 Å². The zero-order valence-corrected chi connectivity index (χ0v) is 11.1. The van der Waals surface area contributed by atoms with Crippen molar-refractivity contribution < 1.29 is 9.18 Å². The summed E-state index contributed by atoms with van der Waals surface area (Å²) < 4.78 is 13.3. The average molecular weight is 273 g/mol. The molecule has 0 aromatic heterocycles. The van der Waals surface area contributed by atoms with Gasteiger partial charge in [0.1, 0.15) is 5.82 Å². The molecule has 1 aromatic rings. The molecule has 3 nitrogen and oxygen atoms in total. The highest BCUT2D eigenvalue weighted by molar-refractivity contribution is 5.98. The zero-order chi connectivity index (χ0) is 12.5. The highest BCUT2D eigenvalue weighted by Crippen LogP contribution is 2.28. The maximum absolute atomic E-state index is 13.3. The first kappa shape index (κ1) is 14.9. The molecule has 3 N–H and O–H groups in total. The zero-order valence-electron chi connectivity index (χ0n) is 10.3. The van der Waals surface area contributed by atoms with Gasteiger partial charge in [0.05, 0.1) is 5.54 Å². The first-order valence-electron chi connectivity index (χ1n) is 5.88. The Balaban J connectivity index is 0.00000162. The van der Waals surface area contributed by atoms with Gasteiger partial charge in [-0.05, 0) is 37.5 Å². The molecular weight excluding hydrogens is 255 g/mol. The Morgan fingerprint density at radius 1 is 1.39 bits per heavy atom. The lowest BCUT2D eigenvalue weighted by Gasteiger charge is -2.22. The van der Waals surface area contributed by atoms with Gasteiger partial charge >= 0.3 is 0 Å². The molecule has 0 heterocycles. The Kier molecular flexibility index (Phi) is 4.71. The van der Waals surface area contributed by atoms with Crippen LogP contribution in [0.25, 0.3) is 0 Å². The molecule has 0 atom stereocenters. The molecule has 0 spiro atoms. The second kappa shape index (κ2) is 5.67. The van der Waals surface area contributed by atoms with Crippen molar-refractivity contribution in [2.75, 3.05) is 5.32 Å². The van der Waals surface area contributed by atoms with Gasteiger partial charge in [0, 0.05) is 5.69 Å². The third kappa shape index (κ3) is 3.00. The molecule has 2 rings (SSSR count). The summed E-state index contributed by atoms with van der Waals surface area (Å²) in [6.45, 7) is 1.68. The van der Waals surface area contributed by atoms with Gasteiger partial charge in [0.25, 0.3) is 0 Å². The number of nitrogens with two attached hydrogens (primary N) is 1. The van der Waals surface area contributed by atoms with Crippen LogP contribution in [-0.2, 0) is 4.79 Å². The summed E-state index contributed by atoms with van der Waals surface area (Å²) in [7, 11) is 0. The van der Waals surface area contributed by atoms with Crippen LogP contribution in [0.1, 0.15) is 31.2 Å². The van der Waals surface area contributed by atoms with Gasteiger partial charge in [0.15, 0.2) is 0 Å². The molecule has 0 aliphatic heterocycles. The lowest BCUT2D eigenvalue weighted by molar-refractivity contribution is -0.121. The Morgan fingerprint density at radius 3 is 2.56 bits per heavy atom. The summed E-state index contributed by atoms with van der Waals surface area (Å²) in [5.41, 5.74) is 6.27. The molecule has 1 saturated carbocycles. The van der Waals surface area contributed by atoms with Crippen LogP contribution in [0.4, 0.5) is 10.1 Å². The maximum Gasteiger partial charge on any atom is 0.244 e. The SMILES string of the molecule is Cc1ccc(NC(=O)C2(N)CCCC2)cc1F.Cl. The monoisotopic (exact) mass is 272 g/mol. The van der Waals surface area contributed by atoms with Crippen LogP contribution in [0.5, 0.6) is 0 Å². The number of anilines is 1. The summed E-state index contributed by atoms with van der Waals surface area (Å²) in [5.74, 6) is -0.529. The van der Waals surface area contributed by atoms with E-state index >= 15 is 0 Å². The Hall–Kier alpha value is -1.13. The fourth-order valence-electron chi connectivity index (χ4n) is 2.16. The van der Waals surface area contributed by atoms with Crippen molar-refractivity contribution in [2.45, 2.75) is 38.1 Å². The van der Waals surface area contributed by atoms with Gasteiger partial charge in [-0.25, -0.2) is 4.39 Å². The maximum atomic E-state index is 13.3. The largest absolute Gasteiger partial charge is 0.324 e. The summed E-state index contributed by atoms with van der Waals surface area (Å²) in [4.78, 5) is 12.0. The van der Waals surface area contributed by atoms with E-state index in [1.807, 2.05) is 0 Å². The highest BCUT2D eigenvalue weighted by Gasteiger charge is 2.36. The normalized spacial score (nSPS) is 17.1. The number of nitrogens with one attached hydrogen (secondary N) is 1. The lowest BCUT2D eigenvalue weighted by Crippen LogP contribution is -2.48. The molecule has 0 unspecified atom stereocenters. The number of hydrogen-bond acceptors (Lipinski definition) is 2. The number of carbonyl (C=O) groups is 1. The molecule has 18 heavy (non-hydrogen) atoms. The smallest absolute Gasteiger partial charge is 0.244 e. The number of aryl methyl sites for hydroxylation is 1. The molecule has 1 amide bonds. The number of halogens is 2. The third-order valence-corrected chi connectivity index (χ3v) is 3.38. The van der Waals surface area contributed by atoms with Gasteiger partial charge < -0.3 is 11.1 Å².